The van der Waals surface area contributed by atoms with E-state index in [2.05, 4.69) is 0 Å². The second kappa shape index (κ2) is 11.7. The SMILES string of the molecule is COc1cccc(CN(CC(N)=O)C(=O)c2ccccc2[N+](=O)[O-])c1.c1ccccc1. The van der Waals surface area contributed by atoms with Crippen molar-refractivity contribution < 1.29 is 19.2 Å². The van der Waals surface area contributed by atoms with E-state index in [-0.39, 0.29) is 24.3 Å². The van der Waals surface area contributed by atoms with E-state index in [9.17, 15) is 19.7 Å². The summed E-state index contributed by atoms with van der Waals surface area (Å²) >= 11 is 0. The largest absolute Gasteiger partial charge is 0.497 e. The molecular formula is C23H23N3O5. The number of hydrogen-bond donors (Lipinski definition) is 1. The zero-order chi connectivity index (χ0) is 22.6. The van der Waals surface area contributed by atoms with Gasteiger partial charge in [-0.25, -0.2) is 0 Å². The zero-order valence-electron chi connectivity index (χ0n) is 17.0. The van der Waals surface area contributed by atoms with Crippen LogP contribution in [0.15, 0.2) is 84.9 Å². The normalized spacial score (nSPS) is 9.71. The van der Waals surface area contributed by atoms with E-state index >= 15 is 0 Å². The molecule has 0 unspecified atom stereocenters. The third kappa shape index (κ3) is 7.28. The molecular weight excluding hydrogens is 398 g/mol. The monoisotopic (exact) mass is 421 g/mol. The first-order valence-electron chi connectivity index (χ1n) is 9.36. The molecule has 0 radical (unpaired) electrons. The standard InChI is InChI=1S/C17H17N3O5.C6H6/c1-25-13-6-4-5-12(9-13)10-19(11-16(18)21)17(22)14-7-2-3-8-15(14)20(23)24;1-2-4-6-5-3-1/h2-9H,10-11H2,1H3,(H2,18,21);1-6H. The summed E-state index contributed by atoms with van der Waals surface area (Å²) in [5, 5.41) is 11.1. The predicted molar refractivity (Wildman–Crippen MR) is 116 cm³/mol. The van der Waals surface area contributed by atoms with Crippen molar-refractivity contribution in [1.82, 2.24) is 4.90 Å². The number of rotatable bonds is 7. The van der Waals surface area contributed by atoms with Crippen LogP contribution in [-0.4, -0.2) is 35.3 Å². The van der Waals surface area contributed by atoms with Crippen LogP contribution >= 0.6 is 0 Å². The maximum atomic E-state index is 12.7. The van der Waals surface area contributed by atoms with E-state index in [1.807, 2.05) is 36.4 Å². The van der Waals surface area contributed by atoms with E-state index < -0.39 is 16.7 Å². The molecule has 160 valence electrons. The lowest BCUT2D eigenvalue weighted by atomic mass is 10.1. The van der Waals surface area contributed by atoms with Crippen LogP contribution in [0.5, 0.6) is 5.75 Å². The fourth-order valence-corrected chi connectivity index (χ4v) is 2.75. The Morgan fingerprint density at radius 2 is 1.58 bits per heavy atom. The molecule has 0 saturated heterocycles. The average molecular weight is 421 g/mol. The van der Waals surface area contributed by atoms with Gasteiger partial charge in [0.05, 0.1) is 18.6 Å². The molecule has 3 rings (SSSR count). The molecule has 0 fully saturated rings. The molecule has 0 aliphatic rings. The minimum absolute atomic E-state index is 0.0605. The van der Waals surface area contributed by atoms with E-state index in [1.54, 1.807) is 24.3 Å². The van der Waals surface area contributed by atoms with Crippen molar-refractivity contribution in [3.05, 3.63) is 106 Å². The van der Waals surface area contributed by atoms with E-state index in [1.165, 1.54) is 36.3 Å². The first-order valence-corrected chi connectivity index (χ1v) is 9.36. The highest BCUT2D eigenvalue weighted by Crippen LogP contribution is 2.21. The number of primary amides is 1. The molecule has 0 atom stereocenters. The van der Waals surface area contributed by atoms with E-state index in [4.69, 9.17) is 10.5 Å². The predicted octanol–water partition coefficient (Wildman–Crippen LogP) is 3.42. The molecule has 3 aromatic rings. The number of nitrogens with zero attached hydrogens (tertiary/aromatic N) is 2. The Labute approximate surface area is 180 Å². The molecule has 3 aromatic carbocycles. The lowest BCUT2D eigenvalue weighted by Crippen LogP contribution is -2.38. The highest BCUT2D eigenvalue weighted by Gasteiger charge is 2.25. The summed E-state index contributed by atoms with van der Waals surface area (Å²) in [5.41, 5.74) is 5.50. The molecule has 0 spiro atoms. The van der Waals surface area contributed by atoms with Crippen LogP contribution in [0.25, 0.3) is 0 Å². The van der Waals surface area contributed by atoms with E-state index in [0.29, 0.717) is 11.3 Å². The number of amides is 2. The molecule has 0 bridgehead atoms. The van der Waals surface area contributed by atoms with Crippen molar-refractivity contribution in [3.8, 4) is 5.75 Å². The highest BCUT2D eigenvalue weighted by atomic mass is 16.6. The molecule has 0 aliphatic heterocycles. The number of para-hydroxylation sites is 1. The molecule has 0 aromatic heterocycles. The quantitative estimate of drug-likeness (QED) is 0.464. The Kier molecular flexibility index (Phi) is 8.72. The Morgan fingerprint density at radius 1 is 0.968 bits per heavy atom. The first-order chi connectivity index (χ1) is 14.9. The van der Waals surface area contributed by atoms with Crippen LogP contribution in [-0.2, 0) is 11.3 Å². The van der Waals surface area contributed by atoms with Gasteiger partial charge in [0, 0.05) is 12.6 Å². The molecule has 0 heterocycles. The number of nitro benzene ring substituents is 1. The molecule has 8 heteroatoms. The molecule has 2 amide bonds. The average Bonchev–Trinajstić information content (AvgIpc) is 2.79. The van der Waals surface area contributed by atoms with Gasteiger partial charge in [-0.15, -0.1) is 0 Å². The van der Waals surface area contributed by atoms with Gasteiger partial charge in [0.1, 0.15) is 11.3 Å². The minimum atomic E-state index is -0.713. The molecule has 0 saturated carbocycles. The van der Waals surface area contributed by atoms with Crippen molar-refractivity contribution >= 4 is 17.5 Å². The third-order valence-corrected chi connectivity index (χ3v) is 4.14. The van der Waals surface area contributed by atoms with Gasteiger partial charge in [-0.1, -0.05) is 60.7 Å². The van der Waals surface area contributed by atoms with Crippen LogP contribution in [0.4, 0.5) is 5.69 Å². The van der Waals surface area contributed by atoms with Gasteiger partial charge < -0.3 is 15.4 Å². The second-order valence-corrected chi connectivity index (χ2v) is 6.41. The fourth-order valence-electron chi connectivity index (χ4n) is 2.75. The molecule has 0 aliphatic carbocycles. The van der Waals surface area contributed by atoms with E-state index in [0.717, 1.165) is 0 Å². The van der Waals surface area contributed by atoms with Crippen LogP contribution in [0.2, 0.25) is 0 Å². The van der Waals surface area contributed by atoms with Crippen molar-refractivity contribution in [2.24, 2.45) is 5.73 Å². The van der Waals surface area contributed by atoms with Gasteiger partial charge in [0.15, 0.2) is 0 Å². The topological polar surface area (TPSA) is 116 Å². The van der Waals surface area contributed by atoms with Gasteiger partial charge in [-0.05, 0) is 23.8 Å². The van der Waals surface area contributed by atoms with Gasteiger partial charge in [-0.3, -0.25) is 19.7 Å². The highest BCUT2D eigenvalue weighted by molar-refractivity contribution is 5.99. The minimum Gasteiger partial charge on any atom is -0.497 e. The lowest BCUT2D eigenvalue weighted by molar-refractivity contribution is -0.385. The molecule has 31 heavy (non-hydrogen) atoms. The van der Waals surface area contributed by atoms with Crippen LogP contribution in [0, 0.1) is 10.1 Å². The summed E-state index contributed by atoms with van der Waals surface area (Å²) in [7, 11) is 1.51. The Morgan fingerprint density at radius 3 is 2.13 bits per heavy atom. The number of hydrogen-bond acceptors (Lipinski definition) is 5. The number of ether oxygens (including phenoxy) is 1. The molecule has 2 N–H and O–H groups in total. The Hall–Kier alpha value is -4.20. The van der Waals surface area contributed by atoms with Crippen LogP contribution in [0.3, 0.4) is 0 Å². The summed E-state index contributed by atoms with van der Waals surface area (Å²) in [4.78, 5) is 35.8. The van der Waals surface area contributed by atoms with Crippen LogP contribution in [0.1, 0.15) is 15.9 Å². The lowest BCUT2D eigenvalue weighted by Gasteiger charge is -2.21. The first kappa shape index (κ1) is 23.1. The van der Waals surface area contributed by atoms with Gasteiger partial charge in [0.2, 0.25) is 5.91 Å². The summed E-state index contributed by atoms with van der Waals surface area (Å²) in [5.74, 6) is -0.765. The maximum absolute atomic E-state index is 12.7. The fraction of sp³-hybridized carbons (Fsp3) is 0.130. The van der Waals surface area contributed by atoms with Gasteiger partial charge in [0.25, 0.3) is 11.6 Å². The Balaban J connectivity index is 0.000000488. The zero-order valence-corrected chi connectivity index (χ0v) is 17.0. The number of methoxy groups -OCH3 is 1. The number of nitrogens with two attached hydrogens (primary N) is 1. The summed E-state index contributed by atoms with van der Waals surface area (Å²) in [6, 6.07) is 24.5. The summed E-state index contributed by atoms with van der Waals surface area (Å²) < 4.78 is 5.13. The van der Waals surface area contributed by atoms with Crippen molar-refractivity contribution in [2.75, 3.05) is 13.7 Å². The number of carbonyl (C=O) groups is 2. The number of benzene rings is 3. The van der Waals surface area contributed by atoms with Crippen molar-refractivity contribution in [1.29, 1.82) is 0 Å². The summed E-state index contributed by atoms with van der Waals surface area (Å²) in [6.45, 7) is -0.298. The van der Waals surface area contributed by atoms with Crippen LogP contribution < -0.4 is 10.5 Å². The Bertz CT molecular complexity index is 998. The second-order valence-electron chi connectivity index (χ2n) is 6.41. The number of nitro groups is 1. The molecule has 8 nitrogen and oxygen atoms in total. The maximum Gasteiger partial charge on any atom is 0.282 e. The van der Waals surface area contributed by atoms with Crippen molar-refractivity contribution in [3.63, 3.8) is 0 Å². The summed E-state index contributed by atoms with van der Waals surface area (Å²) in [6.07, 6.45) is 0. The van der Waals surface area contributed by atoms with Crippen molar-refractivity contribution in [2.45, 2.75) is 6.54 Å². The van der Waals surface area contributed by atoms with Gasteiger partial charge >= 0.3 is 0 Å². The number of carbonyl (C=O) groups excluding carboxylic acids is 2. The third-order valence-electron chi connectivity index (χ3n) is 4.14. The smallest absolute Gasteiger partial charge is 0.282 e. The van der Waals surface area contributed by atoms with Gasteiger partial charge in [-0.2, -0.15) is 0 Å².